The van der Waals surface area contributed by atoms with Crippen molar-refractivity contribution in [2.75, 3.05) is 19.6 Å². The molecule has 1 amide bonds. The van der Waals surface area contributed by atoms with Gasteiger partial charge in [-0.2, -0.15) is 5.10 Å². The first-order chi connectivity index (χ1) is 13.7. The van der Waals surface area contributed by atoms with Gasteiger partial charge in [0.15, 0.2) is 0 Å². The summed E-state index contributed by atoms with van der Waals surface area (Å²) in [4.78, 5) is 27.1. The van der Waals surface area contributed by atoms with Gasteiger partial charge in [-0.05, 0) is 29.7 Å². The maximum atomic E-state index is 13.2. The second-order valence-corrected chi connectivity index (χ2v) is 7.09. The summed E-state index contributed by atoms with van der Waals surface area (Å²) in [5.74, 6) is 0.00682. The lowest BCUT2D eigenvalue weighted by Crippen LogP contribution is -2.49. The molecule has 1 N–H and O–H groups in total. The van der Waals surface area contributed by atoms with E-state index < -0.39 is 0 Å². The summed E-state index contributed by atoms with van der Waals surface area (Å²) in [6, 6.07) is 15.8. The molecule has 1 fully saturated rings. The van der Waals surface area contributed by atoms with Gasteiger partial charge < -0.3 is 10.2 Å². The van der Waals surface area contributed by atoms with Crippen LogP contribution in [0.15, 0.2) is 59.5 Å². The molecule has 2 aromatic carbocycles. The number of aryl methyl sites for hydroxylation is 1. The summed E-state index contributed by atoms with van der Waals surface area (Å²) in [7, 11) is 0. The van der Waals surface area contributed by atoms with Crippen LogP contribution in [0, 0.1) is 0 Å². The Hall–Kier alpha value is -2.70. The molecular formula is C22H25ClN4O2. The van der Waals surface area contributed by atoms with Gasteiger partial charge in [0.1, 0.15) is 6.54 Å². The summed E-state index contributed by atoms with van der Waals surface area (Å²) in [6.45, 7) is 4.40. The predicted molar refractivity (Wildman–Crippen MR) is 116 cm³/mol. The van der Waals surface area contributed by atoms with E-state index in [0.29, 0.717) is 17.4 Å². The van der Waals surface area contributed by atoms with Crippen molar-refractivity contribution >= 4 is 29.2 Å². The van der Waals surface area contributed by atoms with Gasteiger partial charge in [0.2, 0.25) is 11.3 Å². The van der Waals surface area contributed by atoms with Crippen LogP contribution in [-0.4, -0.2) is 40.2 Å². The zero-order valence-corrected chi connectivity index (χ0v) is 17.2. The maximum absolute atomic E-state index is 13.2. The fourth-order valence-electron chi connectivity index (χ4n) is 3.78. The first-order valence-corrected chi connectivity index (χ1v) is 9.71. The Bertz CT molecular complexity index is 1050. The molecule has 0 saturated carbocycles. The third-order valence-electron chi connectivity index (χ3n) is 5.38. The van der Waals surface area contributed by atoms with Crippen LogP contribution in [0.5, 0.6) is 0 Å². The molecule has 1 aliphatic heterocycles. The molecule has 29 heavy (non-hydrogen) atoms. The van der Waals surface area contributed by atoms with E-state index in [1.807, 2.05) is 23.1 Å². The van der Waals surface area contributed by atoms with Crippen molar-refractivity contribution in [2.45, 2.75) is 25.9 Å². The van der Waals surface area contributed by atoms with Gasteiger partial charge in [0, 0.05) is 25.0 Å². The Morgan fingerprint density at radius 2 is 1.93 bits per heavy atom. The van der Waals surface area contributed by atoms with Gasteiger partial charge in [-0.1, -0.05) is 43.3 Å². The van der Waals surface area contributed by atoms with Crippen LogP contribution in [0.2, 0.25) is 0 Å². The molecular weight excluding hydrogens is 388 g/mol. The topological polar surface area (TPSA) is 67.2 Å². The van der Waals surface area contributed by atoms with Crippen molar-refractivity contribution in [3.8, 4) is 0 Å². The molecule has 4 rings (SSSR count). The highest BCUT2D eigenvalue weighted by Crippen LogP contribution is 2.23. The average molecular weight is 413 g/mol. The van der Waals surface area contributed by atoms with Gasteiger partial charge in [0.25, 0.3) is 0 Å². The Kier molecular flexibility index (Phi) is 6.67. The van der Waals surface area contributed by atoms with E-state index in [0.717, 1.165) is 25.1 Å². The highest BCUT2D eigenvalue weighted by atomic mass is 35.5. The average Bonchev–Trinajstić information content (AvgIpc) is 2.76. The third kappa shape index (κ3) is 4.33. The number of fused-ring (bicyclic) bond motifs is 1. The summed E-state index contributed by atoms with van der Waals surface area (Å²) in [5, 5.41) is 8.17. The lowest BCUT2D eigenvalue weighted by molar-refractivity contribution is -0.135. The number of hydrogen-bond acceptors (Lipinski definition) is 4. The molecule has 1 aromatic heterocycles. The van der Waals surface area contributed by atoms with E-state index in [4.69, 9.17) is 0 Å². The fraction of sp³-hybridized carbons (Fsp3) is 0.318. The summed E-state index contributed by atoms with van der Waals surface area (Å²) < 4.78 is 1.62. The van der Waals surface area contributed by atoms with Crippen LogP contribution in [0.4, 0.5) is 0 Å². The van der Waals surface area contributed by atoms with Gasteiger partial charge in [0.05, 0.1) is 17.8 Å². The Morgan fingerprint density at radius 1 is 1.17 bits per heavy atom. The van der Waals surface area contributed by atoms with Gasteiger partial charge in [-0.25, -0.2) is 0 Å². The molecule has 3 aromatic rings. The fourth-order valence-corrected chi connectivity index (χ4v) is 3.78. The second kappa shape index (κ2) is 9.20. The van der Waals surface area contributed by atoms with E-state index >= 15 is 0 Å². The zero-order chi connectivity index (χ0) is 19.5. The molecule has 152 valence electrons. The van der Waals surface area contributed by atoms with Crippen molar-refractivity contribution in [2.24, 2.45) is 0 Å². The molecule has 0 aliphatic carbocycles. The molecule has 0 spiro atoms. The van der Waals surface area contributed by atoms with Gasteiger partial charge in [-0.3, -0.25) is 14.3 Å². The third-order valence-corrected chi connectivity index (χ3v) is 5.38. The van der Waals surface area contributed by atoms with Crippen LogP contribution < -0.4 is 10.7 Å². The molecule has 2 heterocycles. The lowest BCUT2D eigenvalue weighted by Gasteiger charge is -2.36. The smallest absolute Gasteiger partial charge is 0.244 e. The standard InChI is InChI=1S/C22H24N4O2.ClH/c1-2-16-7-9-17(10-8-16)20-13-23-11-12-25(20)22(28)15-26-19-6-4-3-5-18(19)21(27)14-24-26;/h3-10,14,20,23H,2,11-13,15H2,1H3;1H. The number of carbonyl (C=O) groups is 1. The number of hydrogen-bond donors (Lipinski definition) is 1. The molecule has 1 unspecified atom stereocenters. The minimum Gasteiger partial charge on any atom is -0.331 e. The second-order valence-electron chi connectivity index (χ2n) is 7.09. The maximum Gasteiger partial charge on any atom is 0.244 e. The van der Waals surface area contributed by atoms with Crippen molar-refractivity contribution < 1.29 is 4.79 Å². The molecule has 1 aliphatic rings. The quantitative estimate of drug-likeness (QED) is 0.715. The van der Waals surface area contributed by atoms with E-state index in [1.165, 1.54) is 11.8 Å². The molecule has 1 saturated heterocycles. The number of halogens is 1. The summed E-state index contributed by atoms with van der Waals surface area (Å²) >= 11 is 0. The SMILES string of the molecule is CCc1ccc(C2CNCCN2C(=O)Cn2ncc(=O)c3ccccc32)cc1.Cl. The molecule has 7 heteroatoms. The van der Waals surface area contributed by atoms with Crippen molar-refractivity contribution in [1.82, 2.24) is 20.0 Å². The minimum absolute atomic E-state index is 0. The number of nitrogens with zero attached hydrogens (tertiary/aromatic N) is 3. The van der Waals surface area contributed by atoms with Crippen LogP contribution >= 0.6 is 12.4 Å². The van der Waals surface area contributed by atoms with Crippen molar-refractivity contribution in [1.29, 1.82) is 0 Å². The number of rotatable bonds is 4. The number of benzene rings is 2. The number of aromatic nitrogens is 2. The lowest BCUT2D eigenvalue weighted by atomic mass is 10.0. The zero-order valence-electron chi connectivity index (χ0n) is 16.4. The minimum atomic E-state index is -0.129. The van der Waals surface area contributed by atoms with Gasteiger partial charge >= 0.3 is 0 Å². The Morgan fingerprint density at radius 3 is 2.69 bits per heavy atom. The monoisotopic (exact) mass is 412 g/mol. The van der Waals surface area contributed by atoms with E-state index in [1.54, 1.807) is 10.7 Å². The highest BCUT2D eigenvalue weighted by molar-refractivity contribution is 5.85. The highest BCUT2D eigenvalue weighted by Gasteiger charge is 2.28. The number of carbonyl (C=O) groups excluding carboxylic acids is 1. The number of piperazine rings is 1. The van der Waals surface area contributed by atoms with Crippen LogP contribution in [0.25, 0.3) is 10.9 Å². The van der Waals surface area contributed by atoms with E-state index in [-0.39, 0.29) is 36.3 Å². The Labute approximate surface area is 175 Å². The molecule has 0 radical (unpaired) electrons. The number of para-hydroxylation sites is 1. The van der Waals surface area contributed by atoms with E-state index in [9.17, 15) is 9.59 Å². The van der Waals surface area contributed by atoms with Crippen LogP contribution in [0.1, 0.15) is 24.1 Å². The normalized spacial score (nSPS) is 16.4. The molecule has 6 nitrogen and oxygen atoms in total. The van der Waals surface area contributed by atoms with Crippen LogP contribution in [0.3, 0.4) is 0 Å². The first kappa shape index (κ1) is 21.0. The molecule has 0 bridgehead atoms. The molecule has 1 atom stereocenters. The van der Waals surface area contributed by atoms with Crippen molar-refractivity contribution in [3.05, 3.63) is 76.1 Å². The summed E-state index contributed by atoms with van der Waals surface area (Å²) in [6.07, 6.45) is 2.28. The van der Waals surface area contributed by atoms with Crippen LogP contribution in [-0.2, 0) is 17.8 Å². The Balaban J connectivity index is 0.00000240. The summed E-state index contributed by atoms with van der Waals surface area (Å²) in [5.41, 5.74) is 2.97. The van der Waals surface area contributed by atoms with Crippen molar-refractivity contribution in [3.63, 3.8) is 0 Å². The first-order valence-electron chi connectivity index (χ1n) is 9.71. The number of amides is 1. The van der Waals surface area contributed by atoms with E-state index in [2.05, 4.69) is 41.6 Å². The van der Waals surface area contributed by atoms with Gasteiger partial charge in [-0.15, -0.1) is 12.4 Å². The predicted octanol–water partition coefficient (Wildman–Crippen LogP) is 2.55. The number of nitrogens with one attached hydrogen (secondary N) is 1. The largest absolute Gasteiger partial charge is 0.331 e.